The summed E-state index contributed by atoms with van der Waals surface area (Å²) in [6, 6.07) is 3.98. The molecule has 3 heteroatoms. The van der Waals surface area contributed by atoms with Gasteiger partial charge >= 0.3 is 115 Å². The first-order valence-corrected chi connectivity index (χ1v) is 17.0. The Kier molecular flexibility index (Phi) is 4.84. The molecule has 0 N–H and O–H groups in total. The predicted molar refractivity (Wildman–Crippen MR) is 84.7 cm³/mol. The van der Waals surface area contributed by atoms with Crippen molar-refractivity contribution in [1.82, 2.24) is 4.98 Å². The van der Waals surface area contributed by atoms with E-state index in [1.807, 2.05) is 18.3 Å². The number of rotatable bonds is 0. The maximum atomic E-state index is 4.35. The minimum absolute atomic E-state index is 0.847. The van der Waals surface area contributed by atoms with E-state index < -0.39 is 21.3 Å². The van der Waals surface area contributed by atoms with Crippen molar-refractivity contribution in [1.29, 1.82) is 0 Å². The summed E-state index contributed by atoms with van der Waals surface area (Å²) in [5, 5.41) is 0. The Morgan fingerprint density at radius 1 is 1.06 bits per heavy atom. The van der Waals surface area contributed by atoms with Gasteiger partial charge in [0.25, 0.3) is 0 Å². The number of pyridine rings is 1. The van der Waals surface area contributed by atoms with Gasteiger partial charge in [-0.15, -0.1) is 0 Å². The molecular formula is C15H21GeNSi. The summed E-state index contributed by atoms with van der Waals surface area (Å²) in [6.45, 7) is 6.69. The van der Waals surface area contributed by atoms with Gasteiger partial charge in [-0.1, -0.05) is 0 Å². The molecule has 94 valence electrons. The van der Waals surface area contributed by atoms with Crippen LogP contribution in [0.2, 0.25) is 36.9 Å². The molecule has 0 amide bonds. The van der Waals surface area contributed by atoms with Crippen LogP contribution < -0.4 is 0 Å². The van der Waals surface area contributed by atoms with Crippen molar-refractivity contribution < 1.29 is 0 Å². The summed E-state index contributed by atoms with van der Waals surface area (Å²) in [5.41, 5.74) is 5.16. The first kappa shape index (κ1) is 15.1. The number of hydrogen-bond donors (Lipinski definition) is 0. The second-order valence-corrected chi connectivity index (χ2v) is 21.1. The van der Waals surface area contributed by atoms with Crippen LogP contribution in [0.25, 0.3) is 0 Å². The van der Waals surface area contributed by atoms with Gasteiger partial charge in [-0.2, -0.15) is 0 Å². The van der Waals surface area contributed by atoms with E-state index in [1.165, 1.54) is 0 Å². The van der Waals surface area contributed by atoms with Gasteiger partial charge in [0, 0.05) is 0 Å². The fourth-order valence-corrected chi connectivity index (χ4v) is 2.65. The first-order chi connectivity index (χ1) is 8.16. The fourth-order valence-electron chi connectivity index (χ4n) is 1.05. The Labute approximate surface area is 115 Å². The molecule has 0 unspecified atom stereocenters. The normalized spacial score (nSPS) is 11.0. The molecule has 0 bridgehead atoms. The topological polar surface area (TPSA) is 12.9 Å². The zero-order valence-electron chi connectivity index (χ0n) is 12.2. The van der Waals surface area contributed by atoms with Crippen molar-refractivity contribution in [2.24, 2.45) is 0 Å². The molecule has 0 saturated heterocycles. The summed E-state index contributed by atoms with van der Waals surface area (Å²) in [7, 11) is -1.32. The Balaban J connectivity index is 2.86. The van der Waals surface area contributed by atoms with Gasteiger partial charge in [-0.25, -0.2) is 0 Å². The molecule has 1 heterocycles. The SMILES string of the molecule is C[Si](C)(C)C#Cc1ccc(C#[C][Ge]([CH3])([CH3])[CH3])cn1. The van der Waals surface area contributed by atoms with Crippen molar-refractivity contribution in [3.63, 3.8) is 0 Å². The van der Waals surface area contributed by atoms with Gasteiger partial charge in [0.2, 0.25) is 0 Å². The van der Waals surface area contributed by atoms with Crippen LogP contribution in [0.15, 0.2) is 18.3 Å². The quantitative estimate of drug-likeness (QED) is 0.527. The standard InChI is InChI=1S/C15H21GeNSi/c1-16(2,3)11-9-14-7-8-15(17-13-14)10-12-18(4,5)6/h7-8,13H,1-6H3. The number of hydrogen-bond acceptors (Lipinski definition) is 1. The van der Waals surface area contributed by atoms with Crippen LogP contribution >= 0.6 is 0 Å². The predicted octanol–water partition coefficient (Wildman–Crippen LogP) is 3.54. The maximum absolute atomic E-state index is 4.35. The van der Waals surface area contributed by atoms with Gasteiger partial charge in [-0.3, -0.25) is 0 Å². The van der Waals surface area contributed by atoms with Crippen LogP contribution in [-0.2, 0) is 0 Å². The monoisotopic (exact) mass is 317 g/mol. The number of nitrogens with zero attached hydrogens (tertiary/aromatic N) is 1. The molecule has 1 rings (SSSR count). The second-order valence-electron chi connectivity index (χ2n) is 6.43. The Hall–Kier alpha value is -0.970. The minimum atomic E-state index is -1.77. The van der Waals surface area contributed by atoms with E-state index in [4.69, 9.17) is 0 Å². The third-order valence-corrected chi connectivity index (χ3v) is 4.62. The molecule has 0 aliphatic heterocycles. The van der Waals surface area contributed by atoms with Crippen molar-refractivity contribution in [3.05, 3.63) is 29.6 Å². The molecule has 0 aliphatic rings. The van der Waals surface area contributed by atoms with Gasteiger partial charge in [-0.05, 0) is 0 Å². The van der Waals surface area contributed by atoms with Gasteiger partial charge in [0.05, 0.1) is 0 Å². The fraction of sp³-hybridized carbons (Fsp3) is 0.400. The summed E-state index contributed by atoms with van der Waals surface area (Å²) in [5.74, 6) is 13.2. The van der Waals surface area contributed by atoms with Gasteiger partial charge in [0.1, 0.15) is 0 Å². The van der Waals surface area contributed by atoms with Gasteiger partial charge < -0.3 is 0 Å². The first-order valence-electron chi connectivity index (χ1n) is 6.18. The van der Waals surface area contributed by atoms with Crippen molar-refractivity contribution in [3.8, 4) is 22.1 Å². The second kappa shape index (κ2) is 5.78. The van der Waals surface area contributed by atoms with E-state index >= 15 is 0 Å². The molecule has 0 spiro atoms. The zero-order valence-corrected chi connectivity index (χ0v) is 15.3. The van der Waals surface area contributed by atoms with Crippen molar-refractivity contribution >= 4 is 21.3 Å². The van der Waals surface area contributed by atoms with Crippen LogP contribution in [0.3, 0.4) is 0 Å². The van der Waals surface area contributed by atoms with Crippen LogP contribution in [0, 0.1) is 22.1 Å². The van der Waals surface area contributed by atoms with Crippen LogP contribution in [0.5, 0.6) is 0 Å². The van der Waals surface area contributed by atoms with E-state index in [1.54, 1.807) is 0 Å². The summed E-state index contributed by atoms with van der Waals surface area (Å²) in [4.78, 5) is 4.35. The molecular weight excluding hydrogens is 295 g/mol. The van der Waals surface area contributed by atoms with E-state index in [0.717, 1.165) is 11.3 Å². The molecule has 0 saturated carbocycles. The zero-order chi connectivity index (χ0) is 13.8. The Morgan fingerprint density at radius 3 is 2.17 bits per heavy atom. The van der Waals surface area contributed by atoms with E-state index in [2.05, 4.69) is 64.0 Å². The Morgan fingerprint density at radius 2 is 1.72 bits per heavy atom. The molecule has 0 atom stereocenters. The third kappa shape index (κ3) is 6.69. The number of aromatic nitrogens is 1. The molecule has 0 radical (unpaired) electrons. The van der Waals surface area contributed by atoms with Crippen molar-refractivity contribution in [2.75, 3.05) is 0 Å². The van der Waals surface area contributed by atoms with Crippen LogP contribution in [0.1, 0.15) is 11.3 Å². The van der Waals surface area contributed by atoms with Crippen LogP contribution in [-0.4, -0.2) is 26.3 Å². The third-order valence-electron chi connectivity index (χ3n) is 1.91. The van der Waals surface area contributed by atoms with Crippen molar-refractivity contribution in [2.45, 2.75) is 36.9 Å². The molecule has 18 heavy (non-hydrogen) atoms. The molecule has 0 fully saturated rings. The summed E-state index contributed by atoms with van der Waals surface area (Å²) >= 11 is -1.77. The average Bonchev–Trinajstić information content (AvgIpc) is 2.23. The summed E-state index contributed by atoms with van der Waals surface area (Å²) < 4.78 is 3.38. The Bertz CT molecular complexity index is 474. The van der Waals surface area contributed by atoms with E-state index in [9.17, 15) is 0 Å². The van der Waals surface area contributed by atoms with Gasteiger partial charge in [0.15, 0.2) is 0 Å². The molecule has 1 aromatic heterocycles. The van der Waals surface area contributed by atoms with Crippen LogP contribution in [0.4, 0.5) is 0 Å². The molecule has 0 aromatic carbocycles. The summed E-state index contributed by atoms with van der Waals surface area (Å²) in [6.07, 6.45) is 1.83. The van der Waals surface area contributed by atoms with E-state index in [0.29, 0.717) is 0 Å². The van der Waals surface area contributed by atoms with E-state index in [-0.39, 0.29) is 0 Å². The molecule has 1 aromatic rings. The molecule has 0 aliphatic carbocycles. The molecule has 1 nitrogen and oxygen atoms in total. The average molecular weight is 316 g/mol.